The van der Waals surface area contributed by atoms with Crippen molar-refractivity contribution < 1.29 is 0 Å². The zero-order valence-corrected chi connectivity index (χ0v) is 13.0. The fourth-order valence-electron chi connectivity index (χ4n) is 2.85. The van der Waals surface area contributed by atoms with Gasteiger partial charge in [-0.3, -0.25) is 0 Å². The van der Waals surface area contributed by atoms with E-state index < -0.39 is 0 Å². The lowest BCUT2D eigenvalue weighted by Gasteiger charge is -2.24. The van der Waals surface area contributed by atoms with Crippen molar-refractivity contribution in [3.05, 3.63) is 33.5 Å². The molecule has 0 saturated heterocycles. The zero-order valence-electron chi connectivity index (χ0n) is 12.2. The van der Waals surface area contributed by atoms with Crippen LogP contribution in [0.25, 0.3) is 0 Å². The summed E-state index contributed by atoms with van der Waals surface area (Å²) in [6.45, 7) is 7.49. The Hall–Kier alpha value is -1.20. The third kappa shape index (κ3) is 2.79. The fourth-order valence-corrected chi connectivity index (χ4v) is 3.73. The van der Waals surface area contributed by atoms with Crippen molar-refractivity contribution in [2.45, 2.75) is 46.2 Å². The summed E-state index contributed by atoms with van der Waals surface area (Å²) in [7, 11) is 0. The van der Waals surface area contributed by atoms with E-state index in [0.717, 1.165) is 38.3 Å². The van der Waals surface area contributed by atoms with Gasteiger partial charge in [-0.1, -0.05) is 6.92 Å². The van der Waals surface area contributed by atoms with Crippen molar-refractivity contribution in [1.29, 1.82) is 0 Å². The Bertz CT molecular complexity index is 559. The van der Waals surface area contributed by atoms with Crippen LogP contribution in [0.15, 0.2) is 11.4 Å². The Morgan fingerprint density at radius 3 is 3.10 bits per heavy atom. The second-order valence-electron chi connectivity index (χ2n) is 5.56. The molecular formula is C15H22N4S. The summed E-state index contributed by atoms with van der Waals surface area (Å²) < 4.78 is 2.33. The largest absolute Gasteiger partial charge is 0.315 e. The number of aryl methyl sites for hydroxylation is 3. The molecule has 3 rings (SSSR count). The van der Waals surface area contributed by atoms with Gasteiger partial charge in [-0.05, 0) is 36.3 Å². The Labute approximate surface area is 124 Å². The van der Waals surface area contributed by atoms with Gasteiger partial charge < -0.3 is 9.88 Å². The summed E-state index contributed by atoms with van der Waals surface area (Å²) in [5, 5.41) is 14.4. The molecule has 0 aliphatic carbocycles. The highest BCUT2D eigenvalue weighted by molar-refractivity contribution is 7.10. The quantitative estimate of drug-likeness (QED) is 0.920. The van der Waals surface area contributed by atoms with Crippen LogP contribution >= 0.6 is 11.3 Å². The van der Waals surface area contributed by atoms with Gasteiger partial charge in [0.2, 0.25) is 0 Å². The van der Waals surface area contributed by atoms with E-state index in [0.29, 0.717) is 5.92 Å². The zero-order chi connectivity index (χ0) is 13.9. The minimum Gasteiger partial charge on any atom is -0.315 e. The molecule has 5 heteroatoms. The van der Waals surface area contributed by atoms with Crippen LogP contribution in [0.5, 0.6) is 0 Å². The lowest BCUT2D eigenvalue weighted by atomic mass is 9.99. The number of nitrogens with zero attached hydrogens (tertiary/aromatic N) is 3. The molecule has 1 N–H and O–H groups in total. The van der Waals surface area contributed by atoms with Gasteiger partial charge in [-0.2, -0.15) is 0 Å². The molecular weight excluding hydrogens is 268 g/mol. The SMILES string of the molecule is CCc1nnc2n1C[C@@H](CNCc1sccc1C)CC2. The van der Waals surface area contributed by atoms with Crippen molar-refractivity contribution in [3.8, 4) is 0 Å². The maximum Gasteiger partial charge on any atom is 0.133 e. The molecule has 0 aromatic carbocycles. The molecule has 108 valence electrons. The highest BCUT2D eigenvalue weighted by Gasteiger charge is 2.21. The predicted octanol–water partition coefficient (Wildman–Crippen LogP) is 2.56. The Kier molecular flexibility index (Phi) is 4.17. The Morgan fingerprint density at radius 2 is 2.35 bits per heavy atom. The highest BCUT2D eigenvalue weighted by atomic mass is 32.1. The number of aromatic nitrogens is 3. The van der Waals surface area contributed by atoms with E-state index in [9.17, 15) is 0 Å². The van der Waals surface area contributed by atoms with Crippen molar-refractivity contribution >= 4 is 11.3 Å². The summed E-state index contributed by atoms with van der Waals surface area (Å²) in [6.07, 6.45) is 3.26. The van der Waals surface area contributed by atoms with Gasteiger partial charge in [-0.25, -0.2) is 0 Å². The highest BCUT2D eigenvalue weighted by Crippen LogP contribution is 2.20. The average Bonchev–Trinajstić information content (AvgIpc) is 3.05. The molecule has 0 amide bonds. The summed E-state index contributed by atoms with van der Waals surface area (Å²) in [4.78, 5) is 1.46. The second-order valence-corrected chi connectivity index (χ2v) is 6.56. The molecule has 0 unspecified atom stereocenters. The molecule has 0 fully saturated rings. The number of thiophene rings is 1. The summed E-state index contributed by atoms with van der Waals surface area (Å²) in [5.41, 5.74) is 1.40. The van der Waals surface area contributed by atoms with E-state index in [1.807, 2.05) is 11.3 Å². The maximum absolute atomic E-state index is 4.29. The first-order valence-electron chi connectivity index (χ1n) is 7.42. The van der Waals surface area contributed by atoms with Crippen molar-refractivity contribution in [3.63, 3.8) is 0 Å². The Balaban J connectivity index is 1.54. The molecule has 0 radical (unpaired) electrons. The van der Waals surface area contributed by atoms with Crippen LogP contribution in [0.1, 0.15) is 35.4 Å². The maximum atomic E-state index is 4.29. The molecule has 2 aromatic heterocycles. The number of fused-ring (bicyclic) bond motifs is 1. The van der Waals surface area contributed by atoms with Crippen LogP contribution in [0, 0.1) is 12.8 Å². The van der Waals surface area contributed by atoms with Crippen molar-refractivity contribution in [1.82, 2.24) is 20.1 Å². The third-order valence-corrected chi connectivity index (χ3v) is 5.15. The van der Waals surface area contributed by atoms with Crippen LogP contribution in [0.3, 0.4) is 0 Å². The van der Waals surface area contributed by atoms with E-state index in [1.54, 1.807) is 0 Å². The number of hydrogen-bond donors (Lipinski definition) is 1. The minimum atomic E-state index is 0.698. The molecule has 1 aliphatic rings. The van der Waals surface area contributed by atoms with Gasteiger partial charge in [0, 0.05) is 37.4 Å². The summed E-state index contributed by atoms with van der Waals surface area (Å²) >= 11 is 1.84. The average molecular weight is 290 g/mol. The monoisotopic (exact) mass is 290 g/mol. The molecule has 0 saturated carbocycles. The second kappa shape index (κ2) is 6.06. The van der Waals surface area contributed by atoms with E-state index >= 15 is 0 Å². The van der Waals surface area contributed by atoms with Gasteiger partial charge >= 0.3 is 0 Å². The van der Waals surface area contributed by atoms with E-state index in [-0.39, 0.29) is 0 Å². The third-order valence-electron chi connectivity index (χ3n) is 4.12. The van der Waals surface area contributed by atoms with Gasteiger partial charge in [-0.15, -0.1) is 21.5 Å². The predicted molar refractivity (Wildman–Crippen MR) is 82.0 cm³/mol. The van der Waals surface area contributed by atoms with Crippen molar-refractivity contribution in [2.24, 2.45) is 5.92 Å². The normalized spacial score (nSPS) is 18.2. The first kappa shape index (κ1) is 13.8. The molecule has 4 nitrogen and oxygen atoms in total. The number of nitrogens with one attached hydrogen (secondary N) is 1. The molecule has 0 spiro atoms. The van der Waals surface area contributed by atoms with Gasteiger partial charge in [0.25, 0.3) is 0 Å². The van der Waals surface area contributed by atoms with Crippen molar-refractivity contribution in [2.75, 3.05) is 6.54 Å². The van der Waals surface area contributed by atoms with E-state index in [2.05, 4.69) is 45.4 Å². The lowest BCUT2D eigenvalue weighted by molar-refractivity contribution is 0.343. The first-order valence-corrected chi connectivity index (χ1v) is 8.30. The molecule has 20 heavy (non-hydrogen) atoms. The summed E-state index contributed by atoms with van der Waals surface area (Å²) in [6, 6.07) is 2.19. The van der Waals surface area contributed by atoms with E-state index in [1.165, 1.54) is 22.7 Å². The smallest absolute Gasteiger partial charge is 0.133 e. The van der Waals surface area contributed by atoms with Gasteiger partial charge in [0.15, 0.2) is 0 Å². The fraction of sp³-hybridized carbons (Fsp3) is 0.600. The van der Waals surface area contributed by atoms with Crippen LogP contribution in [-0.2, 0) is 25.9 Å². The molecule has 0 bridgehead atoms. The van der Waals surface area contributed by atoms with Gasteiger partial charge in [0.1, 0.15) is 11.6 Å². The number of hydrogen-bond acceptors (Lipinski definition) is 4. The minimum absolute atomic E-state index is 0.698. The molecule has 2 aromatic rings. The van der Waals surface area contributed by atoms with Crippen LogP contribution in [0.4, 0.5) is 0 Å². The number of rotatable bonds is 5. The van der Waals surface area contributed by atoms with Gasteiger partial charge in [0.05, 0.1) is 0 Å². The van der Waals surface area contributed by atoms with E-state index in [4.69, 9.17) is 0 Å². The molecule has 1 atom stereocenters. The van der Waals surface area contributed by atoms with Crippen LogP contribution < -0.4 is 5.32 Å². The Morgan fingerprint density at radius 1 is 1.45 bits per heavy atom. The topological polar surface area (TPSA) is 42.7 Å². The lowest BCUT2D eigenvalue weighted by Crippen LogP contribution is -2.30. The molecule has 3 heterocycles. The molecule has 1 aliphatic heterocycles. The summed E-state index contributed by atoms with van der Waals surface area (Å²) in [5.74, 6) is 3.01. The standard InChI is InChI=1S/C15H22N4S/c1-3-14-17-18-15-5-4-12(10-19(14)15)8-16-9-13-11(2)6-7-20-13/h6-7,12,16H,3-5,8-10H2,1-2H3/t12-/m1/s1. The first-order chi connectivity index (χ1) is 9.78. The van der Waals surface area contributed by atoms with Crippen LogP contribution in [0.2, 0.25) is 0 Å². The van der Waals surface area contributed by atoms with Crippen LogP contribution in [-0.4, -0.2) is 21.3 Å².